The lowest BCUT2D eigenvalue weighted by Gasteiger charge is -2.31. The van der Waals surface area contributed by atoms with E-state index in [1.165, 1.54) is 0 Å². The van der Waals surface area contributed by atoms with Crippen molar-refractivity contribution in [2.24, 2.45) is 5.92 Å². The number of para-hydroxylation sites is 2. The van der Waals surface area contributed by atoms with Crippen LogP contribution in [0.4, 0.5) is 5.69 Å². The van der Waals surface area contributed by atoms with Crippen LogP contribution in [0.2, 0.25) is 5.02 Å². The average Bonchev–Trinajstić information content (AvgIpc) is 3.23. The number of likely N-dealkylation sites (tertiary alicyclic amines) is 1. The fourth-order valence-electron chi connectivity index (χ4n) is 3.64. The van der Waals surface area contributed by atoms with Crippen molar-refractivity contribution in [3.8, 4) is 0 Å². The van der Waals surface area contributed by atoms with Gasteiger partial charge in [0, 0.05) is 25.0 Å². The van der Waals surface area contributed by atoms with E-state index < -0.39 is 11.8 Å². The molecule has 4 rings (SSSR count). The van der Waals surface area contributed by atoms with Crippen molar-refractivity contribution in [3.05, 3.63) is 65.4 Å². The van der Waals surface area contributed by atoms with Crippen LogP contribution in [0.1, 0.15) is 23.4 Å². The van der Waals surface area contributed by atoms with E-state index in [4.69, 9.17) is 16.0 Å². The number of fused-ring (bicyclic) bond motifs is 1. The number of anilines is 1. The van der Waals surface area contributed by atoms with Gasteiger partial charge in [-0.05, 0) is 43.0 Å². The van der Waals surface area contributed by atoms with E-state index in [0.29, 0.717) is 41.7 Å². The van der Waals surface area contributed by atoms with Gasteiger partial charge < -0.3 is 20.0 Å². The summed E-state index contributed by atoms with van der Waals surface area (Å²) in [7, 11) is 0. The summed E-state index contributed by atoms with van der Waals surface area (Å²) in [5, 5.41) is 6.44. The highest BCUT2D eigenvalue weighted by molar-refractivity contribution is 6.41. The summed E-state index contributed by atoms with van der Waals surface area (Å²) in [6, 6.07) is 16.0. The number of amides is 3. The third kappa shape index (κ3) is 4.88. The number of carbonyl (C=O) groups is 3. The molecular formula is C23H22ClN3O4. The maximum atomic E-state index is 12.7. The molecule has 3 aromatic rings. The van der Waals surface area contributed by atoms with Gasteiger partial charge in [0.05, 0.1) is 10.7 Å². The molecule has 160 valence electrons. The molecule has 2 heterocycles. The molecule has 0 aliphatic carbocycles. The lowest BCUT2D eigenvalue weighted by atomic mass is 9.96. The second kappa shape index (κ2) is 9.22. The van der Waals surface area contributed by atoms with Crippen LogP contribution in [-0.2, 0) is 9.59 Å². The standard InChI is InChI=1S/C23H22ClN3O4/c24-17-6-2-3-7-18(17)26-22(29)21(28)25-14-15-9-11-27(12-10-15)23(30)20-13-16-5-1-4-8-19(16)31-20/h1-8,13,15H,9-12,14H2,(H,25,28)(H,26,29). The van der Waals surface area contributed by atoms with Crippen LogP contribution in [-0.4, -0.2) is 42.3 Å². The Morgan fingerprint density at radius 3 is 2.45 bits per heavy atom. The van der Waals surface area contributed by atoms with E-state index in [1.54, 1.807) is 35.2 Å². The average molecular weight is 440 g/mol. The number of benzene rings is 2. The second-order valence-corrected chi connectivity index (χ2v) is 7.94. The molecule has 0 radical (unpaired) electrons. The van der Waals surface area contributed by atoms with Gasteiger partial charge in [-0.1, -0.05) is 41.9 Å². The zero-order valence-corrected chi connectivity index (χ0v) is 17.5. The SMILES string of the molecule is O=C(NCC1CCN(C(=O)c2cc3ccccc3o2)CC1)C(=O)Nc1ccccc1Cl. The van der Waals surface area contributed by atoms with Crippen molar-refractivity contribution in [3.63, 3.8) is 0 Å². The first-order valence-corrected chi connectivity index (χ1v) is 10.5. The number of nitrogens with one attached hydrogen (secondary N) is 2. The van der Waals surface area contributed by atoms with Gasteiger partial charge in [0.2, 0.25) is 0 Å². The van der Waals surface area contributed by atoms with Crippen LogP contribution < -0.4 is 10.6 Å². The van der Waals surface area contributed by atoms with Gasteiger partial charge in [0.1, 0.15) is 5.58 Å². The molecule has 2 aromatic carbocycles. The van der Waals surface area contributed by atoms with E-state index in [-0.39, 0.29) is 11.8 Å². The Hall–Kier alpha value is -3.32. The molecule has 31 heavy (non-hydrogen) atoms. The van der Waals surface area contributed by atoms with Gasteiger partial charge in [-0.15, -0.1) is 0 Å². The largest absolute Gasteiger partial charge is 0.451 e. The summed E-state index contributed by atoms with van der Waals surface area (Å²) < 4.78 is 5.67. The lowest BCUT2D eigenvalue weighted by molar-refractivity contribution is -0.136. The molecule has 8 heteroatoms. The molecule has 1 aliphatic heterocycles. The van der Waals surface area contributed by atoms with Gasteiger partial charge in [-0.2, -0.15) is 0 Å². The van der Waals surface area contributed by atoms with E-state index in [1.807, 2.05) is 24.3 Å². The van der Waals surface area contributed by atoms with Crippen LogP contribution in [0.5, 0.6) is 0 Å². The van der Waals surface area contributed by atoms with Crippen LogP contribution in [0.15, 0.2) is 59.0 Å². The number of hydrogen-bond acceptors (Lipinski definition) is 4. The summed E-state index contributed by atoms with van der Waals surface area (Å²) in [6.07, 6.45) is 1.47. The number of piperidine rings is 1. The van der Waals surface area contributed by atoms with Gasteiger partial charge in [-0.3, -0.25) is 14.4 Å². The Morgan fingerprint density at radius 1 is 1.00 bits per heavy atom. The van der Waals surface area contributed by atoms with Crippen molar-refractivity contribution in [1.82, 2.24) is 10.2 Å². The number of rotatable bonds is 4. The summed E-state index contributed by atoms with van der Waals surface area (Å²) >= 11 is 5.99. The van der Waals surface area contributed by atoms with Crippen LogP contribution in [0, 0.1) is 5.92 Å². The van der Waals surface area contributed by atoms with Crippen molar-refractivity contribution in [2.75, 3.05) is 25.0 Å². The van der Waals surface area contributed by atoms with Crippen LogP contribution in [0.25, 0.3) is 11.0 Å². The number of nitrogens with zero attached hydrogens (tertiary/aromatic N) is 1. The zero-order chi connectivity index (χ0) is 21.8. The monoisotopic (exact) mass is 439 g/mol. The smallest absolute Gasteiger partial charge is 0.313 e. The predicted molar refractivity (Wildman–Crippen MR) is 118 cm³/mol. The van der Waals surface area contributed by atoms with Crippen LogP contribution >= 0.6 is 11.6 Å². The summed E-state index contributed by atoms with van der Waals surface area (Å²) in [5.41, 5.74) is 1.08. The molecule has 1 saturated heterocycles. The molecule has 7 nitrogen and oxygen atoms in total. The fourth-order valence-corrected chi connectivity index (χ4v) is 3.83. The van der Waals surface area contributed by atoms with Crippen LogP contribution in [0.3, 0.4) is 0 Å². The molecule has 0 spiro atoms. The summed E-state index contributed by atoms with van der Waals surface area (Å²) in [5.74, 6) is -1.06. The number of furan rings is 1. The minimum atomic E-state index is -0.759. The predicted octanol–water partition coefficient (Wildman–Crippen LogP) is 3.69. The molecule has 0 bridgehead atoms. The molecule has 1 fully saturated rings. The van der Waals surface area contributed by atoms with E-state index in [2.05, 4.69) is 10.6 Å². The molecule has 3 amide bonds. The van der Waals surface area contributed by atoms with E-state index in [0.717, 1.165) is 18.2 Å². The Balaban J connectivity index is 1.24. The van der Waals surface area contributed by atoms with Gasteiger partial charge in [0.25, 0.3) is 5.91 Å². The summed E-state index contributed by atoms with van der Waals surface area (Å²) in [4.78, 5) is 38.7. The van der Waals surface area contributed by atoms with Crippen molar-refractivity contribution < 1.29 is 18.8 Å². The molecule has 2 N–H and O–H groups in total. The zero-order valence-electron chi connectivity index (χ0n) is 16.8. The summed E-state index contributed by atoms with van der Waals surface area (Å²) in [6.45, 7) is 1.52. The number of halogens is 1. The topological polar surface area (TPSA) is 91.7 Å². The first-order chi connectivity index (χ1) is 15.0. The normalized spacial score (nSPS) is 14.4. The number of hydrogen-bond donors (Lipinski definition) is 2. The van der Waals surface area contributed by atoms with Gasteiger partial charge in [-0.25, -0.2) is 0 Å². The Labute approximate surface area is 184 Å². The van der Waals surface area contributed by atoms with E-state index >= 15 is 0 Å². The minimum absolute atomic E-state index is 0.127. The molecule has 0 atom stereocenters. The quantitative estimate of drug-likeness (QED) is 0.606. The van der Waals surface area contributed by atoms with Crippen molar-refractivity contribution >= 4 is 46.0 Å². The highest BCUT2D eigenvalue weighted by Crippen LogP contribution is 2.23. The van der Waals surface area contributed by atoms with Gasteiger partial charge in [0.15, 0.2) is 5.76 Å². The first kappa shape index (κ1) is 20.9. The molecule has 1 aromatic heterocycles. The highest BCUT2D eigenvalue weighted by atomic mass is 35.5. The molecular weight excluding hydrogens is 418 g/mol. The highest BCUT2D eigenvalue weighted by Gasteiger charge is 2.26. The first-order valence-electron chi connectivity index (χ1n) is 10.1. The Kier molecular flexibility index (Phi) is 6.23. The molecule has 1 aliphatic rings. The fraction of sp³-hybridized carbons (Fsp3) is 0.261. The minimum Gasteiger partial charge on any atom is -0.451 e. The van der Waals surface area contributed by atoms with Crippen molar-refractivity contribution in [2.45, 2.75) is 12.8 Å². The number of carbonyl (C=O) groups excluding carboxylic acids is 3. The maximum absolute atomic E-state index is 12.7. The molecule has 0 saturated carbocycles. The third-order valence-electron chi connectivity index (χ3n) is 5.42. The molecule has 0 unspecified atom stereocenters. The Morgan fingerprint density at radius 2 is 1.71 bits per heavy atom. The third-order valence-corrected chi connectivity index (χ3v) is 5.75. The lowest BCUT2D eigenvalue weighted by Crippen LogP contribution is -2.43. The van der Waals surface area contributed by atoms with Gasteiger partial charge >= 0.3 is 11.8 Å². The second-order valence-electron chi connectivity index (χ2n) is 7.53. The maximum Gasteiger partial charge on any atom is 0.313 e. The van der Waals surface area contributed by atoms with E-state index in [9.17, 15) is 14.4 Å². The van der Waals surface area contributed by atoms with Crippen molar-refractivity contribution in [1.29, 1.82) is 0 Å². The Bertz CT molecular complexity index is 1090.